The number of rotatable bonds is 3. The highest BCUT2D eigenvalue weighted by Gasteiger charge is 2.34. The van der Waals surface area contributed by atoms with Crippen LogP contribution >= 0.6 is 11.6 Å². The molecule has 1 aliphatic heterocycles. The van der Waals surface area contributed by atoms with Crippen LogP contribution in [0.4, 0.5) is 11.6 Å². The predicted molar refractivity (Wildman–Crippen MR) is 98.8 cm³/mol. The van der Waals surface area contributed by atoms with Gasteiger partial charge in [-0.2, -0.15) is 10.1 Å². The minimum absolute atomic E-state index is 0.255. The molecule has 8 heteroatoms. The Hall–Kier alpha value is -3.19. The Labute approximate surface area is 154 Å². The lowest BCUT2D eigenvalue weighted by molar-refractivity contribution is -0.113. The highest BCUT2D eigenvalue weighted by molar-refractivity contribution is 6.31. The number of halogens is 1. The first-order chi connectivity index (χ1) is 12.6. The number of nitrogens with zero attached hydrogens (tertiary/aromatic N) is 4. The van der Waals surface area contributed by atoms with E-state index >= 15 is 0 Å². The van der Waals surface area contributed by atoms with E-state index in [1.54, 1.807) is 35.3 Å². The number of hydrogen-bond donors (Lipinski definition) is 2. The van der Waals surface area contributed by atoms with Gasteiger partial charge in [-0.05, 0) is 25.1 Å². The lowest BCUT2D eigenvalue weighted by atomic mass is 9.95. The number of amides is 1. The van der Waals surface area contributed by atoms with Crippen molar-refractivity contribution in [3.8, 4) is 0 Å². The van der Waals surface area contributed by atoms with E-state index in [4.69, 9.17) is 11.6 Å². The van der Waals surface area contributed by atoms with Crippen LogP contribution in [-0.4, -0.2) is 25.7 Å². The molecule has 1 aliphatic rings. The van der Waals surface area contributed by atoms with Crippen LogP contribution < -0.4 is 10.6 Å². The molecule has 0 saturated carbocycles. The fourth-order valence-electron chi connectivity index (χ4n) is 3.00. The van der Waals surface area contributed by atoms with Crippen molar-refractivity contribution in [2.75, 3.05) is 10.6 Å². The summed E-state index contributed by atoms with van der Waals surface area (Å²) in [6, 6.07) is 10.5. The summed E-state index contributed by atoms with van der Waals surface area (Å²) in [7, 11) is 0. The van der Waals surface area contributed by atoms with E-state index < -0.39 is 6.04 Å². The fourth-order valence-corrected chi connectivity index (χ4v) is 3.24. The molecule has 0 fully saturated rings. The molecule has 2 N–H and O–H groups in total. The second-order valence-corrected chi connectivity index (χ2v) is 6.22. The average Bonchev–Trinajstić information content (AvgIpc) is 3.10. The topological polar surface area (TPSA) is 84.7 Å². The zero-order valence-electron chi connectivity index (χ0n) is 13.8. The third-order valence-corrected chi connectivity index (χ3v) is 4.50. The number of hydrogen-bond acceptors (Lipinski definition) is 5. The van der Waals surface area contributed by atoms with Crippen molar-refractivity contribution in [2.24, 2.45) is 0 Å². The van der Waals surface area contributed by atoms with Gasteiger partial charge in [0.1, 0.15) is 12.4 Å². The third kappa shape index (κ3) is 2.82. The Bertz CT molecular complexity index is 998. The molecule has 2 aromatic heterocycles. The van der Waals surface area contributed by atoms with Gasteiger partial charge in [0.05, 0.1) is 17.5 Å². The van der Waals surface area contributed by atoms with E-state index in [1.807, 2.05) is 25.1 Å². The van der Waals surface area contributed by atoms with Gasteiger partial charge < -0.3 is 10.6 Å². The Morgan fingerprint density at radius 3 is 2.88 bits per heavy atom. The van der Waals surface area contributed by atoms with Crippen LogP contribution in [0.1, 0.15) is 18.5 Å². The van der Waals surface area contributed by atoms with E-state index in [0.29, 0.717) is 27.9 Å². The molecule has 7 nitrogen and oxygen atoms in total. The quantitative estimate of drug-likeness (QED) is 0.743. The van der Waals surface area contributed by atoms with Crippen LogP contribution in [0.2, 0.25) is 5.02 Å². The molecule has 0 radical (unpaired) electrons. The van der Waals surface area contributed by atoms with Crippen molar-refractivity contribution in [3.05, 3.63) is 77.0 Å². The summed E-state index contributed by atoms with van der Waals surface area (Å²) in [6.07, 6.45) is 4.69. The highest BCUT2D eigenvalue weighted by Crippen LogP contribution is 2.37. The average molecular weight is 367 g/mol. The molecule has 26 heavy (non-hydrogen) atoms. The lowest BCUT2D eigenvalue weighted by Crippen LogP contribution is -2.31. The van der Waals surface area contributed by atoms with Crippen molar-refractivity contribution in [2.45, 2.75) is 13.0 Å². The van der Waals surface area contributed by atoms with Gasteiger partial charge in [-0.15, -0.1) is 0 Å². The Balaban J connectivity index is 1.80. The van der Waals surface area contributed by atoms with Crippen molar-refractivity contribution in [1.29, 1.82) is 0 Å². The number of carbonyl (C=O) groups is 1. The van der Waals surface area contributed by atoms with Crippen LogP contribution in [0.3, 0.4) is 0 Å². The zero-order chi connectivity index (χ0) is 18.1. The summed E-state index contributed by atoms with van der Waals surface area (Å²) >= 11 is 6.42. The monoisotopic (exact) mass is 366 g/mol. The molecule has 3 aromatic rings. The maximum atomic E-state index is 13.1. The number of pyridine rings is 1. The van der Waals surface area contributed by atoms with Gasteiger partial charge >= 0.3 is 0 Å². The van der Waals surface area contributed by atoms with Crippen LogP contribution in [0.15, 0.2) is 66.4 Å². The van der Waals surface area contributed by atoms with Crippen LogP contribution in [-0.2, 0) is 4.79 Å². The number of allylic oxidation sites excluding steroid dienone is 1. The van der Waals surface area contributed by atoms with E-state index in [9.17, 15) is 4.79 Å². The lowest BCUT2D eigenvalue weighted by Gasteiger charge is -2.29. The van der Waals surface area contributed by atoms with E-state index in [0.717, 1.165) is 5.56 Å². The first-order valence-corrected chi connectivity index (χ1v) is 8.36. The molecule has 4 rings (SSSR count). The number of carbonyl (C=O) groups excluding carboxylic acids is 1. The van der Waals surface area contributed by atoms with Crippen LogP contribution in [0, 0.1) is 0 Å². The van der Waals surface area contributed by atoms with Crippen molar-refractivity contribution >= 4 is 29.1 Å². The zero-order valence-corrected chi connectivity index (χ0v) is 14.6. The molecule has 1 amide bonds. The summed E-state index contributed by atoms with van der Waals surface area (Å²) < 4.78 is 1.66. The number of nitrogens with one attached hydrogen (secondary N) is 2. The normalized spacial score (nSPS) is 16.0. The molecule has 130 valence electrons. The molecule has 0 aliphatic carbocycles. The van der Waals surface area contributed by atoms with Gasteiger partial charge in [0.15, 0.2) is 0 Å². The summed E-state index contributed by atoms with van der Waals surface area (Å²) in [5.41, 5.74) is 2.59. The number of anilines is 2. The molecular weight excluding hydrogens is 352 g/mol. The van der Waals surface area contributed by atoms with E-state index in [2.05, 4.69) is 25.7 Å². The highest BCUT2D eigenvalue weighted by atomic mass is 35.5. The largest absolute Gasteiger partial charge is 0.328 e. The smallest absolute Gasteiger partial charge is 0.255 e. The number of aromatic nitrogens is 4. The molecule has 0 spiro atoms. The molecule has 0 saturated heterocycles. The second kappa shape index (κ2) is 6.61. The maximum absolute atomic E-state index is 13.1. The van der Waals surface area contributed by atoms with Crippen molar-refractivity contribution in [3.63, 3.8) is 0 Å². The first-order valence-electron chi connectivity index (χ1n) is 7.98. The standard InChI is InChI=1S/C18H15ClN6O/c1-11-15(17(26)24-12-5-4-8-20-9-12)16(13-6-2-3-7-14(13)19)25-18(23-11)21-10-22-25/h2-10,16H,1H3,(H,24,26)(H,21,22,23)/t16-/m1/s1. The summed E-state index contributed by atoms with van der Waals surface area (Å²) in [5.74, 6) is 0.305. The van der Waals surface area contributed by atoms with Gasteiger partial charge in [0, 0.05) is 22.5 Å². The Kier molecular flexibility index (Phi) is 4.14. The first kappa shape index (κ1) is 16.3. The predicted octanol–water partition coefficient (Wildman–Crippen LogP) is 3.25. The molecule has 1 atom stereocenters. The summed E-state index contributed by atoms with van der Waals surface area (Å²) in [4.78, 5) is 21.3. The molecule has 1 aromatic carbocycles. The molecular formula is C18H15ClN6O. The number of fused-ring (bicyclic) bond motifs is 1. The van der Waals surface area contributed by atoms with Crippen LogP contribution in [0.25, 0.3) is 0 Å². The van der Waals surface area contributed by atoms with Gasteiger partial charge in [-0.3, -0.25) is 9.78 Å². The van der Waals surface area contributed by atoms with Crippen molar-refractivity contribution in [1.82, 2.24) is 19.7 Å². The van der Waals surface area contributed by atoms with Crippen molar-refractivity contribution < 1.29 is 4.79 Å². The minimum Gasteiger partial charge on any atom is -0.328 e. The van der Waals surface area contributed by atoms with Gasteiger partial charge in [-0.25, -0.2) is 4.68 Å². The molecule has 0 unspecified atom stereocenters. The second-order valence-electron chi connectivity index (χ2n) is 5.81. The fraction of sp³-hybridized carbons (Fsp3) is 0.111. The minimum atomic E-state index is -0.487. The van der Waals surface area contributed by atoms with E-state index in [-0.39, 0.29) is 5.91 Å². The molecule has 3 heterocycles. The van der Waals surface area contributed by atoms with E-state index in [1.165, 1.54) is 6.33 Å². The SMILES string of the molecule is CC1=C(C(=O)Nc2cccnc2)[C@@H](c2ccccc2Cl)n2ncnc2N1. The Morgan fingerprint density at radius 2 is 2.12 bits per heavy atom. The molecule has 0 bridgehead atoms. The van der Waals surface area contributed by atoms with Crippen LogP contribution in [0.5, 0.6) is 0 Å². The third-order valence-electron chi connectivity index (χ3n) is 4.16. The Morgan fingerprint density at radius 1 is 1.27 bits per heavy atom. The van der Waals surface area contributed by atoms with Gasteiger partial charge in [0.25, 0.3) is 5.91 Å². The summed E-state index contributed by atoms with van der Waals surface area (Å²) in [6.45, 7) is 1.83. The van der Waals surface area contributed by atoms with Gasteiger partial charge in [0.2, 0.25) is 5.95 Å². The summed E-state index contributed by atoms with van der Waals surface area (Å²) in [5, 5.41) is 10.8. The maximum Gasteiger partial charge on any atom is 0.255 e. The van der Waals surface area contributed by atoms with Gasteiger partial charge in [-0.1, -0.05) is 29.8 Å². The number of benzene rings is 1.